The first-order valence-electron chi connectivity index (χ1n) is 6.20. The van der Waals surface area contributed by atoms with Crippen molar-refractivity contribution in [1.29, 1.82) is 0 Å². The Kier molecular flexibility index (Phi) is 2.85. The molecule has 0 saturated carbocycles. The van der Waals surface area contributed by atoms with Gasteiger partial charge in [0.05, 0.1) is 5.02 Å². The van der Waals surface area contributed by atoms with Gasteiger partial charge in [0.1, 0.15) is 0 Å². The highest BCUT2D eigenvalue weighted by Gasteiger charge is 2.16. The maximum Gasteiger partial charge on any atom is 0.0503 e. The zero-order valence-electron chi connectivity index (χ0n) is 10.1. The fourth-order valence-electron chi connectivity index (χ4n) is 2.79. The molecule has 0 N–H and O–H groups in total. The molecule has 0 amide bonds. The van der Waals surface area contributed by atoms with E-state index < -0.39 is 0 Å². The van der Waals surface area contributed by atoms with Crippen LogP contribution in [0.1, 0.15) is 18.4 Å². The molecule has 0 radical (unpaired) electrons. The van der Waals surface area contributed by atoms with Crippen LogP contribution in [0, 0.1) is 0 Å². The lowest BCUT2D eigenvalue weighted by Gasteiger charge is -2.13. The summed E-state index contributed by atoms with van der Waals surface area (Å²) in [6.45, 7) is 3.47. The Labute approximate surface area is 107 Å². The molecular formula is C14H17ClN2. The van der Waals surface area contributed by atoms with Crippen molar-refractivity contribution in [3.8, 4) is 0 Å². The SMILES string of the molecule is Cn1cc(CN2CCCC2)c2c(Cl)cccc21. The van der Waals surface area contributed by atoms with E-state index >= 15 is 0 Å². The molecule has 2 heterocycles. The van der Waals surface area contributed by atoms with Crippen molar-refractivity contribution in [3.05, 3.63) is 35.0 Å². The number of hydrogen-bond donors (Lipinski definition) is 0. The molecule has 90 valence electrons. The van der Waals surface area contributed by atoms with E-state index in [-0.39, 0.29) is 0 Å². The highest BCUT2D eigenvalue weighted by Crippen LogP contribution is 2.29. The Bertz CT molecular complexity index is 538. The number of fused-ring (bicyclic) bond motifs is 1. The number of nitrogens with zero attached hydrogens (tertiary/aromatic N) is 2. The summed E-state index contributed by atoms with van der Waals surface area (Å²) < 4.78 is 2.17. The van der Waals surface area contributed by atoms with Gasteiger partial charge >= 0.3 is 0 Å². The molecule has 17 heavy (non-hydrogen) atoms. The quantitative estimate of drug-likeness (QED) is 0.791. The predicted molar refractivity (Wildman–Crippen MR) is 72.4 cm³/mol. The van der Waals surface area contributed by atoms with E-state index in [2.05, 4.69) is 28.8 Å². The van der Waals surface area contributed by atoms with Crippen LogP contribution in [-0.4, -0.2) is 22.6 Å². The number of benzene rings is 1. The van der Waals surface area contributed by atoms with Crippen LogP contribution in [0.5, 0.6) is 0 Å². The van der Waals surface area contributed by atoms with Crippen molar-refractivity contribution in [3.63, 3.8) is 0 Å². The predicted octanol–water partition coefficient (Wildman–Crippen LogP) is 3.43. The molecule has 0 bridgehead atoms. The lowest BCUT2D eigenvalue weighted by molar-refractivity contribution is 0.332. The molecule has 1 aromatic heterocycles. The van der Waals surface area contributed by atoms with Gasteiger partial charge in [-0.25, -0.2) is 0 Å². The van der Waals surface area contributed by atoms with Gasteiger partial charge in [0.15, 0.2) is 0 Å². The molecule has 1 aliphatic rings. The molecule has 2 aromatic rings. The summed E-state index contributed by atoms with van der Waals surface area (Å²) in [5.74, 6) is 0. The average molecular weight is 249 g/mol. The smallest absolute Gasteiger partial charge is 0.0503 e. The largest absolute Gasteiger partial charge is 0.350 e. The second-order valence-electron chi connectivity index (χ2n) is 4.88. The van der Waals surface area contributed by atoms with Gasteiger partial charge in [-0.15, -0.1) is 0 Å². The van der Waals surface area contributed by atoms with E-state index in [1.54, 1.807) is 0 Å². The minimum absolute atomic E-state index is 0.872. The molecule has 1 saturated heterocycles. The number of halogens is 1. The third-order valence-electron chi connectivity index (χ3n) is 3.63. The number of aromatic nitrogens is 1. The summed E-state index contributed by atoms with van der Waals surface area (Å²) in [4.78, 5) is 2.51. The van der Waals surface area contributed by atoms with Crippen molar-refractivity contribution in [2.24, 2.45) is 7.05 Å². The van der Waals surface area contributed by atoms with Gasteiger partial charge in [-0.3, -0.25) is 4.90 Å². The molecule has 0 unspecified atom stereocenters. The molecule has 0 spiro atoms. The summed E-state index contributed by atoms with van der Waals surface area (Å²) >= 11 is 6.33. The minimum atomic E-state index is 0.872. The van der Waals surface area contributed by atoms with Crippen LogP contribution in [0.3, 0.4) is 0 Å². The summed E-state index contributed by atoms with van der Waals surface area (Å²) in [5, 5.41) is 2.10. The van der Waals surface area contributed by atoms with Gasteiger partial charge in [-0.2, -0.15) is 0 Å². The summed E-state index contributed by atoms with van der Waals surface area (Å²) in [6, 6.07) is 6.14. The van der Waals surface area contributed by atoms with Crippen molar-refractivity contribution in [2.45, 2.75) is 19.4 Å². The molecule has 1 aromatic carbocycles. The zero-order chi connectivity index (χ0) is 11.8. The highest BCUT2D eigenvalue weighted by molar-refractivity contribution is 6.35. The normalized spacial score (nSPS) is 17.1. The molecular weight excluding hydrogens is 232 g/mol. The third-order valence-corrected chi connectivity index (χ3v) is 3.95. The Morgan fingerprint density at radius 2 is 2.00 bits per heavy atom. The zero-order valence-corrected chi connectivity index (χ0v) is 10.9. The third kappa shape index (κ3) is 1.96. The number of likely N-dealkylation sites (tertiary alicyclic amines) is 1. The van der Waals surface area contributed by atoms with Crippen LogP contribution in [0.4, 0.5) is 0 Å². The van der Waals surface area contributed by atoms with E-state index in [4.69, 9.17) is 11.6 Å². The Balaban J connectivity index is 2.03. The van der Waals surface area contributed by atoms with E-state index in [1.165, 1.54) is 42.4 Å². The van der Waals surface area contributed by atoms with Crippen LogP contribution in [0.15, 0.2) is 24.4 Å². The molecule has 3 heteroatoms. The topological polar surface area (TPSA) is 8.17 Å². The van der Waals surface area contributed by atoms with Crippen molar-refractivity contribution >= 4 is 22.5 Å². The first-order chi connectivity index (χ1) is 8.25. The van der Waals surface area contributed by atoms with Crippen LogP contribution < -0.4 is 0 Å². The van der Waals surface area contributed by atoms with Gasteiger partial charge < -0.3 is 4.57 Å². The fraction of sp³-hybridized carbons (Fsp3) is 0.429. The maximum absolute atomic E-state index is 6.33. The van der Waals surface area contributed by atoms with Crippen LogP contribution in [-0.2, 0) is 13.6 Å². The Morgan fingerprint density at radius 3 is 2.76 bits per heavy atom. The van der Waals surface area contributed by atoms with Crippen molar-refractivity contribution in [1.82, 2.24) is 9.47 Å². The standard InChI is InChI=1S/C14H17ClN2/c1-16-9-11(10-17-7-2-3-8-17)14-12(15)5-4-6-13(14)16/h4-6,9H,2-3,7-8,10H2,1H3. The second-order valence-corrected chi connectivity index (χ2v) is 5.29. The van der Waals surface area contributed by atoms with Gasteiger partial charge in [0.25, 0.3) is 0 Å². The summed E-state index contributed by atoms with van der Waals surface area (Å²) in [7, 11) is 2.09. The van der Waals surface area contributed by atoms with E-state index in [1.807, 2.05) is 12.1 Å². The van der Waals surface area contributed by atoms with Gasteiger partial charge in [-0.05, 0) is 43.6 Å². The average Bonchev–Trinajstić information content (AvgIpc) is 2.90. The first-order valence-corrected chi connectivity index (χ1v) is 6.58. The van der Waals surface area contributed by atoms with Gasteiger partial charge in [0.2, 0.25) is 0 Å². The lowest BCUT2D eigenvalue weighted by atomic mass is 10.1. The van der Waals surface area contributed by atoms with Crippen molar-refractivity contribution in [2.75, 3.05) is 13.1 Å². The van der Waals surface area contributed by atoms with E-state index in [9.17, 15) is 0 Å². The fourth-order valence-corrected chi connectivity index (χ4v) is 3.08. The van der Waals surface area contributed by atoms with E-state index in [0.717, 1.165) is 11.6 Å². The molecule has 1 aliphatic heterocycles. The number of rotatable bonds is 2. The second kappa shape index (κ2) is 4.35. The minimum Gasteiger partial charge on any atom is -0.350 e. The van der Waals surface area contributed by atoms with Crippen LogP contribution >= 0.6 is 11.6 Å². The molecule has 1 fully saturated rings. The maximum atomic E-state index is 6.33. The molecule has 0 aliphatic carbocycles. The van der Waals surface area contributed by atoms with Crippen molar-refractivity contribution < 1.29 is 0 Å². The van der Waals surface area contributed by atoms with Gasteiger partial charge in [0, 0.05) is 30.7 Å². The monoisotopic (exact) mass is 248 g/mol. The highest BCUT2D eigenvalue weighted by atomic mass is 35.5. The Morgan fingerprint density at radius 1 is 1.24 bits per heavy atom. The summed E-state index contributed by atoms with van der Waals surface area (Å²) in [6.07, 6.45) is 4.88. The first kappa shape index (κ1) is 11.1. The van der Waals surface area contributed by atoms with E-state index in [0.29, 0.717) is 0 Å². The Hall–Kier alpha value is -0.990. The lowest BCUT2D eigenvalue weighted by Crippen LogP contribution is -2.18. The molecule has 3 rings (SSSR count). The summed E-state index contributed by atoms with van der Waals surface area (Å²) in [5.41, 5.74) is 2.58. The number of aryl methyl sites for hydroxylation is 1. The van der Waals surface area contributed by atoms with Crippen LogP contribution in [0.25, 0.3) is 10.9 Å². The molecule has 2 nitrogen and oxygen atoms in total. The van der Waals surface area contributed by atoms with Gasteiger partial charge in [-0.1, -0.05) is 17.7 Å². The number of hydrogen-bond acceptors (Lipinski definition) is 1. The molecule has 0 atom stereocenters. The van der Waals surface area contributed by atoms with Crippen LogP contribution in [0.2, 0.25) is 5.02 Å².